The smallest absolute Gasteiger partial charge is 0.320 e. The zero-order chi connectivity index (χ0) is 16.0. The largest absolute Gasteiger partial charge is 0.493 e. The predicted molar refractivity (Wildman–Crippen MR) is 82.1 cm³/mol. The molecule has 5 nitrogen and oxygen atoms in total. The molecule has 0 aliphatic heterocycles. The van der Waals surface area contributed by atoms with Crippen LogP contribution in [0.15, 0.2) is 18.2 Å². The van der Waals surface area contributed by atoms with Crippen molar-refractivity contribution < 1.29 is 19.4 Å². The topological polar surface area (TPSA) is 67.8 Å². The zero-order valence-corrected chi connectivity index (χ0v) is 13.3. The van der Waals surface area contributed by atoms with Gasteiger partial charge in [0.15, 0.2) is 11.5 Å². The first-order chi connectivity index (χ1) is 9.88. The van der Waals surface area contributed by atoms with Gasteiger partial charge in [0.05, 0.1) is 14.2 Å². The van der Waals surface area contributed by atoms with Gasteiger partial charge in [-0.05, 0) is 37.0 Å². The first-order valence-electron chi connectivity index (χ1n) is 7.08. The van der Waals surface area contributed by atoms with E-state index < -0.39 is 12.0 Å². The van der Waals surface area contributed by atoms with Crippen molar-refractivity contribution in [2.45, 2.75) is 39.3 Å². The number of methoxy groups -OCH3 is 2. The number of carboxylic acids is 1. The summed E-state index contributed by atoms with van der Waals surface area (Å²) in [4.78, 5) is 11.2. The number of ether oxygens (including phenoxy) is 2. The highest BCUT2D eigenvalue weighted by atomic mass is 16.5. The molecule has 0 amide bonds. The van der Waals surface area contributed by atoms with Crippen molar-refractivity contribution in [1.29, 1.82) is 0 Å². The average molecular weight is 295 g/mol. The Morgan fingerprint density at radius 3 is 2.29 bits per heavy atom. The number of benzene rings is 1. The van der Waals surface area contributed by atoms with E-state index in [4.69, 9.17) is 9.47 Å². The van der Waals surface area contributed by atoms with E-state index in [0.29, 0.717) is 11.5 Å². The van der Waals surface area contributed by atoms with Crippen LogP contribution in [0.2, 0.25) is 0 Å². The van der Waals surface area contributed by atoms with Crippen LogP contribution in [0.25, 0.3) is 0 Å². The van der Waals surface area contributed by atoms with E-state index in [-0.39, 0.29) is 12.0 Å². The van der Waals surface area contributed by atoms with Gasteiger partial charge in [-0.3, -0.25) is 4.79 Å². The van der Waals surface area contributed by atoms with E-state index >= 15 is 0 Å². The summed E-state index contributed by atoms with van der Waals surface area (Å²) in [7, 11) is 3.20. The second-order valence-electron chi connectivity index (χ2n) is 5.52. The van der Waals surface area contributed by atoms with Crippen molar-refractivity contribution in [3.63, 3.8) is 0 Å². The Morgan fingerprint density at radius 2 is 1.81 bits per heavy atom. The molecule has 0 saturated carbocycles. The third-order valence-corrected chi connectivity index (χ3v) is 3.39. The normalized spacial score (nSPS) is 13.8. The fourth-order valence-electron chi connectivity index (χ4n) is 2.28. The molecule has 1 aromatic rings. The van der Waals surface area contributed by atoms with E-state index in [9.17, 15) is 9.90 Å². The quantitative estimate of drug-likeness (QED) is 0.770. The summed E-state index contributed by atoms with van der Waals surface area (Å²) in [6.45, 7) is 5.78. The van der Waals surface area contributed by atoms with Gasteiger partial charge < -0.3 is 19.9 Å². The molecule has 0 aromatic heterocycles. The number of carbonyl (C=O) groups is 1. The summed E-state index contributed by atoms with van der Waals surface area (Å²) in [5.74, 6) is 0.591. The summed E-state index contributed by atoms with van der Waals surface area (Å²) in [6.07, 6.45) is 0.719. The number of hydrogen-bond acceptors (Lipinski definition) is 4. The monoisotopic (exact) mass is 295 g/mol. The van der Waals surface area contributed by atoms with Crippen LogP contribution in [-0.4, -0.2) is 37.4 Å². The lowest BCUT2D eigenvalue weighted by atomic mass is 10.0. The van der Waals surface area contributed by atoms with E-state index in [1.165, 1.54) is 0 Å². The van der Waals surface area contributed by atoms with E-state index in [1.54, 1.807) is 14.2 Å². The summed E-state index contributed by atoms with van der Waals surface area (Å²) in [5.41, 5.74) is 1.07. The molecule has 0 fully saturated rings. The summed E-state index contributed by atoms with van der Waals surface area (Å²) in [5, 5.41) is 12.4. The van der Waals surface area contributed by atoms with Crippen LogP contribution in [0.3, 0.4) is 0 Å². The number of hydrogen-bond donors (Lipinski definition) is 2. The molecule has 5 heteroatoms. The highest BCUT2D eigenvalue weighted by molar-refractivity contribution is 5.73. The Morgan fingerprint density at radius 1 is 1.19 bits per heavy atom. The maximum atomic E-state index is 11.2. The van der Waals surface area contributed by atoms with E-state index in [1.807, 2.05) is 39.0 Å². The van der Waals surface area contributed by atoms with Gasteiger partial charge in [0.25, 0.3) is 0 Å². The third kappa shape index (κ3) is 4.93. The minimum absolute atomic E-state index is 0.0374. The van der Waals surface area contributed by atoms with Crippen molar-refractivity contribution in [2.24, 2.45) is 5.92 Å². The molecule has 0 spiro atoms. The van der Waals surface area contributed by atoms with Gasteiger partial charge in [0.1, 0.15) is 6.04 Å². The first kappa shape index (κ1) is 17.3. The molecule has 2 atom stereocenters. The minimum atomic E-state index is -0.816. The maximum absolute atomic E-state index is 11.2. The number of rotatable bonds is 8. The van der Waals surface area contributed by atoms with E-state index in [0.717, 1.165) is 12.0 Å². The lowest BCUT2D eigenvalue weighted by Gasteiger charge is -2.23. The van der Waals surface area contributed by atoms with Crippen LogP contribution in [-0.2, 0) is 11.2 Å². The maximum Gasteiger partial charge on any atom is 0.320 e. The molecular formula is C16H25NO4. The Hall–Kier alpha value is -1.75. The average Bonchev–Trinajstić information content (AvgIpc) is 2.43. The Labute approximate surface area is 126 Å². The van der Waals surface area contributed by atoms with Crippen molar-refractivity contribution >= 4 is 5.97 Å². The number of aliphatic carboxylic acids is 1. The fraction of sp³-hybridized carbons (Fsp3) is 0.562. The molecular weight excluding hydrogens is 270 g/mol. The van der Waals surface area contributed by atoms with E-state index in [2.05, 4.69) is 5.32 Å². The highest BCUT2D eigenvalue weighted by Crippen LogP contribution is 2.28. The van der Waals surface area contributed by atoms with Gasteiger partial charge in [-0.2, -0.15) is 0 Å². The van der Waals surface area contributed by atoms with Gasteiger partial charge in [-0.1, -0.05) is 19.9 Å². The molecule has 0 saturated heterocycles. The summed E-state index contributed by atoms with van der Waals surface area (Å²) in [6, 6.07) is 5.25. The second-order valence-corrected chi connectivity index (χ2v) is 5.52. The lowest BCUT2D eigenvalue weighted by molar-refractivity contribution is -0.140. The second kappa shape index (κ2) is 7.88. The lowest BCUT2D eigenvalue weighted by Crippen LogP contribution is -2.46. The predicted octanol–water partition coefficient (Wildman–Crippen LogP) is 2.33. The molecule has 2 unspecified atom stereocenters. The summed E-state index contributed by atoms with van der Waals surface area (Å²) >= 11 is 0. The van der Waals surface area contributed by atoms with Crippen LogP contribution in [0.5, 0.6) is 11.5 Å². The van der Waals surface area contributed by atoms with Crippen LogP contribution in [0, 0.1) is 5.92 Å². The molecule has 0 bridgehead atoms. The fourth-order valence-corrected chi connectivity index (χ4v) is 2.28. The van der Waals surface area contributed by atoms with Crippen molar-refractivity contribution in [2.75, 3.05) is 14.2 Å². The number of nitrogens with one attached hydrogen (secondary N) is 1. The van der Waals surface area contributed by atoms with Crippen molar-refractivity contribution in [1.82, 2.24) is 5.32 Å². The molecule has 21 heavy (non-hydrogen) atoms. The molecule has 0 radical (unpaired) electrons. The number of carboxylic acid groups (broad SMARTS) is 1. The molecule has 1 rings (SSSR count). The van der Waals surface area contributed by atoms with Gasteiger partial charge in [0, 0.05) is 6.04 Å². The molecule has 0 aliphatic rings. The van der Waals surface area contributed by atoms with Crippen LogP contribution < -0.4 is 14.8 Å². The van der Waals surface area contributed by atoms with Gasteiger partial charge in [-0.25, -0.2) is 0 Å². The Bertz CT molecular complexity index is 473. The van der Waals surface area contributed by atoms with Crippen LogP contribution in [0.1, 0.15) is 26.3 Å². The van der Waals surface area contributed by atoms with Crippen molar-refractivity contribution in [3.8, 4) is 11.5 Å². The first-order valence-corrected chi connectivity index (χ1v) is 7.08. The Balaban J connectivity index is 2.74. The van der Waals surface area contributed by atoms with Gasteiger partial charge in [-0.15, -0.1) is 0 Å². The van der Waals surface area contributed by atoms with Gasteiger partial charge >= 0.3 is 5.97 Å². The van der Waals surface area contributed by atoms with Crippen molar-refractivity contribution in [3.05, 3.63) is 23.8 Å². The molecule has 2 N–H and O–H groups in total. The molecule has 1 aromatic carbocycles. The highest BCUT2D eigenvalue weighted by Gasteiger charge is 2.23. The third-order valence-electron chi connectivity index (χ3n) is 3.39. The standard InChI is InChI=1S/C16H25NO4/c1-10(2)15(16(18)19)17-11(3)8-12-6-7-13(20-4)14(9-12)21-5/h6-7,9-11,15,17H,8H2,1-5H3,(H,18,19). The minimum Gasteiger partial charge on any atom is -0.493 e. The SMILES string of the molecule is COc1ccc(CC(C)NC(C(=O)O)C(C)C)cc1OC. The van der Waals surface area contributed by atoms with Gasteiger partial charge in [0.2, 0.25) is 0 Å². The summed E-state index contributed by atoms with van der Waals surface area (Å²) < 4.78 is 10.5. The Kier molecular flexibility index (Phi) is 6.49. The molecule has 118 valence electrons. The zero-order valence-electron chi connectivity index (χ0n) is 13.3. The van der Waals surface area contributed by atoms with Crippen LogP contribution in [0.4, 0.5) is 0 Å². The molecule has 0 aliphatic carbocycles. The van der Waals surface area contributed by atoms with Crippen LogP contribution >= 0.6 is 0 Å². The molecule has 0 heterocycles.